The van der Waals surface area contributed by atoms with Crippen molar-refractivity contribution < 1.29 is 9.84 Å². The van der Waals surface area contributed by atoms with Gasteiger partial charge in [-0.3, -0.25) is 0 Å². The minimum Gasteiger partial charge on any atom is -0.481 e. The van der Waals surface area contributed by atoms with Gasteiger partial charge >= 0.3 is 0 Å². The number of aryl methyl sites for hydroxylation is 2. The van der Waals surface area contributed by atoms with E-state index in [9.17, 15) is 5.11 Å². The molecule has 0 radical (unpaired) electrons. The van der Waals surface area contributed by atoms with Gasteiger partial charge in [0.25, 0.3) is 0 Å². The van der Waals surface area contributed by atoms with Gasteiger partial charge in [-0.05, 0) is 37.0 Å². The zero-order valence-corrected chi connectivity index (χ0v) is 19.8. The topological polar surface area (TPSA) is 90.9 Å². The van der Waals surface area contributed by atoms with Gasteiger partial charge in [0, 0.05) is 25.0 Å². The lowest BCUT2D eigenvalue weighted by molar-refractivity contribution is 0.108. The first-order valence-electron chi connectivity index (χ1n) is 10.4. The van der Waals surface area contributed by atoms with E-state index >= 15 is 0 Å². The van der Waals surface area contributed by atoms with Crippen LogP contribution in [0.4, 0.5) is 0 Å². The lowest BCUT2D eigenvalue weighted by Gasteiger charge is -2.29. The number of halogens is 1. The second-order valence-corrected chi connectivity index (χ2v) is 8.82. The zero-order valence-electron chi connectivity index (χ0n) is 19.1. The van der Waals surface area contributed by atoms with Gasteiger partial charge in [-0.1, -0.05) is 36.7 Å². The standard InChI is InChI=1S/C23H27ClN6O2/c1-13(2)9-17-21(24)16-10-15(7-8-18(16)27-22(17)32-6)23(31,20-12-26-28-30(20)5)19-11-25-14(3)29(19)4/h7-8,10-13,31H,9H2,1-6H3. The summed E-state index contributed by atoms with van der Waals surface area (Å²) in [4.78, 5) is 9.06. The van der Waals surface area contributed by atoms with Crippen LogP contribution in [0.25, 0.3) is 10.9 Å². The lowest BCUT2D eigenvalue weighted by atomic mass is 9.86. The van der Waals surface area contributed by atoms with E-state index in [0.717, 1.165) is 23.2 Å². The highest BCUT2D eigenvalue weighted by atomic mass is 35.5. The van der Waals surface area contributed by atoms with Crippen molar-refractivity contribution in [2.24, 2.45) is 20.0 Å². The highest BCUT2D eigenvalue weighted by molar-refractivity contribution is 6.36. The second-order valence-electron chi connectivity index (χ2n) is 8.45. The first kappa shape index (κ1) is 22.2. The van der Waals surface area contributed by atoms with Crippen LogP contribution in [0.5, 0.6) is 5.88 Å². The van der Waals surface area contributed by atoms with Gasteiger partial charge < -0.3 is 14.4 Å². The number of fused-ring (bicyclic) bond motifs is 1. The molecule has 1 unspecified atom stereocenters. The summed E-state index contributed by atoms with van der Waals surface area (Å²) in [6.45, 7) is 6.13. The van der Waals surface area contributed by atoms with E-state index in [1.165, 1.54) is 0 Å². The van der Waals surface area contributed by atoms with Crippen molar-refractivity contribution in [1.82, 2.24) is 29.5 Å². The Morgan fingerprint density at radius 3 is 2.50 bits per heavy atom. The second kappa shape index (κ2) is 8.18. The fourth-order valence-electron chi connectivity index (χ4n) is 4.10. The Morgan fingerprint density at radius 2 is 1.94 bits per heavy atom. The van der Waals surface area contributed by atoms with Gasteiger partial charge in [0.15, 0.2) is 5.60 Å². The molecule has 1 aromatic carbocycles. The Hall–Kier alpha value is -2.97. The number of ether oxygens (including phenoxy) is 1. The highest BCUT2D eigenvalue weighted by Crippen LogP contribution is 2.40. The van der Waals surface area contributed by atoms with Crippen molar-refractivity contribution >= 4 is 22.5 Å². The normalized spacial score (nSPS) is 13.7. The Morgan fingerprint density at radius 1 is 1.19 bits per heavy atom. The predicted octanol–water partition coefficient (Wildman–Crippen LogP) is 3.55. The van der Waals surface area contributed by atoms with Crippen molar-refractivity contribution in [3.63, 3.8) is 0 Å². The highest BCUT2D eigenvalue weighted by Gasteiger charge is 2.40. The molecule has 1 N–H and O–H groups in total. The zero-order chi connectivity index (χ0) is 23.2. The molecule has 0 fully saturated rings. The number of benzene rings is 1. The maximum atomic E-state index is 12.2. The molecular formula is C23H27ClN6O2. The van der Waals surface area contributed by atoms with Gasteiger partial charge in [-0.15, -0.1) is 5.10 Å². The molecule has 168 valence electrons. The molecule has 0 aliphatic carbocycles. The summed E-state index contributed by atoms with van der Waals surface area (Å²) in [5.41, 5.74) is 1.72. The summed E-state index contributed by atoms with van der Waals surface area (Å²) >= 11 is 6.88. The maximum absolute atomic E-state index is 12.2. The summed E-state index contributed by atoms with van der Waals surface area (Å²) in [6, 6.07) is 5.56. The van der Waals surface area contributed by atoms with E-state index < -0.39 is 5.60 Å². The molecule has 0 saturated carbocycles. The molecule has 32 heavy (non-hydrogen) atoms. The van der Waals surface area contributed by atoms with E-state index in [-0.39, 0.29) is 0 Å². The van der Waals surface area contributed by atoms with Gasteiger partial charge in [0.05, 0.1) is 35.7 Å². The van der Waals surface area contributed by atoms with Crippen LogP contribution in [0.3, 0.4) is 0 Å². The third-order valence-electron chi connectivity index (χ3n) is 5.88. The Kier molecular flexibility index (Phi) is 5.68. The van der Waals surface area contributed by atoms with Gasteiger partial charge in [0.1, 0.15) is 11.5 Å². The Balaban J connectivity index is 2.01. The van der Waals surface area contributed by atoms with Crippen LogP contribution in [0, 0.1) is 12.8 Å². The minimum atomic E-state index is -1.55. The van der Waals surface area contributed by atoms with Gasteiger partial charge in [-0.25, -0.2) is 14.6 Å². The van der Waals surface area contributed by atoms with Crippen LogP contribution in [0.1, 0.15) is 42.2 Å². The van der Waals surface area contributed by atoms with Crippen LogP contribution in [0.15, 0.2) is 30.6 Å². The molecule has 0 spiro atoms. The van der Waals surface area contributed by atoms with E-state index in [1.807, 2.05) is 36.7 Å². The van der Waals surface area contributed by atoms with Gasteiger partial charge in [-0.2, -0.15) is 0 Å². The summed E-state index contributed by atoms with van der Waals surface area (Å²) in [6.07, 6.45) is 3.96. The quantitative estimate of drug-likeness (QED) is 0.479. The average Bonchev–Trinajstić information content (AvgIpc) is 3.34. The number of aliphatic hydroxyl groups is 1. The maximum Gasteiger partial charge on any atom is 0.218 e. The third kappa shape index (κ3) is 3.43. The number of hydrogen-bond donors (Lipinski definition) is 1. The van der Waals surface area contributed by atoms with E-state index in [4.69, 9.17) is 16.3 Å². The largest absolute Gasteiger partial charge is 0.481 e. The molecule has 3 aromatic heterocycles. The molecular weight excluding hydrogens is 428 g/mol. The van der Waals surface area contributed by atoms with Crippen LogP contribution in [0.2, 0.25) is 5.02 Å². The average molecular weight is 455 g/mol. The molecule has 0 bridgehead atoms. The lowest BCUT2D eigenvalue weighted by Crippen LogP contribution is -2.33. The molecule has 0 aliphatic rings. The number of rotatable bonds is 6. The van der Waals surface area contributed by atoms with Crippen molar-refractivity contribution in [1.29, 1.82) is 0 Å². The summed E-state index contributed by atoms with van der Waals surface area (Å²) in [7, 11) is 5.22. The fourth-order valence-corrected chi connectivity index (χ4v) is 4.41. The van der Waals surface area contributed by atoms with Crippen LogP contribution < -0.4 is 4.74 Å². The number of methoxy groups -OCH3 is 1. The molecule has 4 aromatic rings. The number of hydrogen-bond acceptors (Lipinski definition) is 6. The molecule has 3 heterocycles. The number of imidazole rings is 1. The Labute approximate surface area is 191 Å². The summed E-state index contributed by atoms with van der Waals surface area (Å²) in [5, 5.41) is 21.6. The monoisotopic (exact) mass is 454 g/mol. The predicted molar refractivity (Wildman–Crippen MR) is 123 cm³/mol. The molecule has 0 amide bonds. The van der Waals surface area contributed by atoms with Crippen LogP contribution in [-0.2, 0) is 26.1 Å². The smallest absolute Gasteiger partial charge is 0.218 e. The molecule has 0 saturated heterocycles. The van der Waals surface area contributed by atoms with Crippen molar-refractivity contribution in [3.05, 3.63) is 64.0 Å². The van der Waals surface area contributed by atoms with Crippen molar-refractivity contribution in [3.8, 4) is 5.88 Å². The minimum absolute atomic E-state index is 0.374. The first-order valence-corrected chi connectivity index (χ1v) is 10.8. The molecule has 0 aliphatic heterocycles. The first-order chi connectivity index (χ1) is 15.2. The number of aromatic nitrogens is 6. The molecule has 4 rings (SSSR count). The van der Waals surface area contributed by atoms with E-state index in [1.54, 1.807) is 31.2 Å². The van der Waals surface area contributed by atoms with Crippen LogP contribution in [-0.4, -0.2) is 41.7 Å². The third-order valence-corrected chi connectivity index (χ3v) is 6.31. The van der Waals surface area contributed by atoms with Crippen molar-refractivity contribution in [2.45, 2.75) is 32.8 Å². The van der Waals surface area contributed by atoms with Gasteiger partial charge in [0.2, 0.25) is 5.88 Å². The van der Waals surface area contributed by atoms with E-state index in [2.05, 4.69) is 34.1 Å². The Bertz CT molecular complexity index is 1300. The molecule has 8 nitrogen and oxygen atoms in total. The number of pyridine rings is 1. The number of nitrogens with zero attached hydrogens (tertiary/aromatic N) is 6. The molecule has 1 atom stereocenters. The van der Waals surface area contributed by atoms with E-state index in [0.29, 0.717) is 39.3 Å². The van der Waals surface area contributed by atoms with Crippen LogP contribution >= 0.6 is 11.6 Å². The summed E-state index contributed by atoms with van der Waals surface area (Å²) < 4.78 is 8.94. The summed E-state index contributed by atoms with van der Waals surface area (Å²) in [5.74, 6) is 1.68. The molecule has 9 heteroatoms. The SMILES string of the molecule is COc1nc2ccc(C(O)(c3cnnn3C)c3cnc(C)n3C)cc2c(Cl)c1CC(C)C. The van der Waals surface area contributed by atoms with Crippen molar-refractivity contribution in [2.75, 3.05) is 7.11 Å². The fraction of sp³-hybridized carbons (Fsp3) is 0.391.